The molecule has 0 aliphatic carbocycles. The maximum absolute atomic E-state index is 12.3. The second-order valence-electron chi connectivity index (χ2n) is 7.78. The predicted molar refractivity (Wildman–Crippen MR) is 126 cm³/mol. The summed E-state index contributed by atoms with van der Waals surface area (Å²) in [5.41, 5.74) is 3.88. The number of rotatable bonds is 7. The van der Waals surface area contributed by atoms with Gasteiger partial charge in [0.1, 0.15) is 11.4 Å². The van der Waals surface area contributed by atoms with Gasteiger partial charge in [-0.1, -0.05) is 18.5 Å². The number of halogens is 1. The van der Waals surface area contributed by atoms with E-state index in [0.29, 0.717) is 54.6 Å². The Kier molecular flexibility index (Phi) is 6.62. The molecule has 0 amide bonds. The van der Waals surface area contributed by atoms with Crippen molar-refractivity contribution in [1.29, 1.82) is 0 Å². The molecule has 0 saturated carbocycles. The molecule has 0 spiro atoms. The summed E-state index contributed by atoms with van der Waals surface area (Å²) in [5, 5.41) is 10.3. The minimum atomic E-state index is -3.17. The number of aliphatic hydroxyl groups is 1. The highest BCUT2D eigenvalue weighted by Gasteiger charge is 2.26. The highest BCUT2D eigenvalue weighted by molar-refractivity contribution is 7.89. The summed E-state index contributed by atoms with van der Waals surface area (Å²) < 4.78 is 33.4. The molecule has 0 radical (unpaired) electrons. The summed E-state index contributed by atoms with van der Waals surface area (Å²) in [6.45, 7) is 3.96. The molecule has 1 N–H and O–H groups in total. The summed E-state index contributed by atoms with van der Waals surface area (Å²) >= 11 is 6.30. The quantitative estimate of drug-likeness (QED) is 0.561. The summed E-state index contributed by atoms with van der Waals surface area (Å²) in [5.74, 6) is 0.701. The molecular formula is C22H27ClN4O4S. The Balaban J connectivity index is 1.58. The van der Waals surface area contributed by atoms with E-state index in [0.717, 1.165) is 16.9 Å². The fraction of sp³-hybridized carbons (Fsp3) is 0.409. The van der Waals surface area contributed by atoms with Crippen LogP contribution >= 0.6 is 11.6 Å². The first kappa shape index (κ1) is 22.8. The monoisotopic (exact) mass is 478 g/mol. The van der Waals surface area contributed by atoms with Gasteiger partial charge >= 0.3 is 0 Å². The van der Waals surface area contributed by atoms with Crippen LogP contribution in [-0.4, -0.2) is 66.3 Å². The number of anilines is 1. The molecule has 1 fully saturated rings. The molecule has 1 aliphatic heterocycles. The zero-order valence-corrected chi connectivity index (χ0v) is 19.7. The third-order valence-electron chi connectivity index (χ3n) is 5.73. The standard InChI is InChI=1S/C22H27ClN4O4S/c1-3-10-32(29,30)27-8-6-25(7-9-27)17-4-5-26-14-20(24-22(26)12-17)18-13-19(23)21(31-2)11-16(18)15-28/h4-5,11-14,28H,3,6-10,15H2,1-2H3. The van der Waals surface area contributed by atoms with Crippen LogP contribution in [0.1, 0.15) is 18.9 Å². The molecule has 1 saturated heterocycles. The maximum atomic E-state index is 12.3. The van der Waals surface area contributed by atoms with E-state index >= 15 is 0 Å². The van der Waals surface area contributed by atoms with Crippen molar-refractivity contribution in [3.63, 3.8) is 0 Å². The van der Waals surface area contributed by atoms with E-state index in [-0.39, 0.29) is 12.4 Å². The molecule has 0 bridgehead atoms. The van der Waals surface area contributed by atoms with Gasteiger partial charge in [0.05, 0.1) is 30.2 Å². The molecule has 2 aromatic heterocycles. The van der Waals surface area contributed by atoms with Gasteiger partial charge in [-0.15, -0.1) is 0 Å². The van der Waals surface area contributed by atoms with Crippen molar-refractivity contribution in [2.45, 2.75) is 20.0 Å². The van der Waals surface area contributed by atoms with Crippen LogP contribution in [0.3, 0.4) is 0 Å². The van der Waals surface area contributed by atoms with Crippen LogP contribution in [0.5, 0.6) is 5.75 Å². The molecule has 3 aromatic rings. The number of aromatic nitrogens is 2. The number of piperazine rings is 1. The highest BCUT2D eigenvalue weighted by Crippen LogP contribution is 2.34. The average molecular weight is 479 g/mol. The first-order chi connectivity index (χ1) is 15.4. The topological polar surface area (TPSA) is 87.4 Å². The number of aliphatic hydroxyl groups excluding tert-OH is 1. The number of methoxy groups -OCH3 is 1. The molecule has 1 aromatic carbocycles. The number of ether oxygens (including phenoxy) is 1. The molecule has 32 heavy (non-hydrogen) atoms. The van der Waals surface area contributed by atoms with Crippen LogP contribution < -0.4 is 9.64 Å². The van der Waals surface area contributed by atoms with Crippen molar-refractivity contribution in [2.75, 3.05) is 43.9 Å². The van der Waals surface area contributed by atoms with Crippen molar-refractivity contribution in [2.24, 2.45) is 0 Å². The van der Waals surface area contributed by atoms with E-state index in [1.807, 2.05) is 35.9 Å². The third-order valence-corrected chi connectivity index (χ3v) is 8.10. The van der Waals surface area contributed by atoms with E-state index in [2.05, 4.69) is 4.90 Å². The maximum Gasteiger partial charge on any atom is 0.214 e. The van der Waals surface area contributed by atoms with Crippen molar-refractivity contribution >= 4 is 33.0 Å². The lowest BCUT2D eigenvalue weighted by Gasteiger charge is -2.35. The first-order valence-electron chi connectivity index (χ1n) is 10.6. The van der Waals surface area contributed by atoms with Gasteiger partial charge in [-0.05, 0) is 30.2 Å². The van der Waals surface area contributed by atoms with E-state index in [4.69, 9.17) is 21.3 Å². The van der Waals surface area contributed by atoms with Crippen molar-refractivity contribution < 1.29 is 18.3 Å². The lowest BCUT2D eigenvalue weighted by Crippen LogP contribution is -2.49. The lowest BCUT2D eigenvalue weighted by molar-refractivity contribution is 0.281. The Hall–Kier alpha value is -2.33. The first-order valence-corrected chi connectivity index (χ1v) is 12.5. The smallest absolute Gasteiger partial charge is 0.214 e. The van der Waals surface area contributed by atoms with Crippen LogP contribution in [0.25, 0.3) is 16.9 Å². The van der Waals surface area contributed by atoms with Gasteiger partial charge in [-0.25, -0.2) is 13.4 Å². The zero-order valence-electron chi connectivity index (χ0n) is 18.2. The van der Waals surface area contributed by atoms with Crippen LogP contribution in [0.15, 0.2) is 36.7 Å². The van der Waals surface area contributed by atoms with Crippen molar-refractivity contribution in [3.05, 3.63) is 47.2 Å². The number of imidazole rings is 1. The van der Waals surface area contributed by atoms with E-state index in [1.165, 1.54) is 7.11 Å². The van der Waals surface area contributed by atoms with Gasteiger partial charge in [-0.3, -0.25) is 0 Å². The van der Waals surface area contributed by atoms with Gasteiger partial charge in [0.25, 0.3) is 0 Å². The van der Waals surface area contributed by atoms with Gasteiger partial charge in [-0.2, -0.15) is 4.31 Å². The fourth-order valence-corrected chi connectivity index (χ4v) is 5.76. The number of fused-ring (bicyclic) bond motifs is 1. The van der Waals surface area contributed by atoms with Crippen molar-refractivity contribution in [3.8, 4) is 17.0 Å². The van der Waals surface area contributed by atoms with Crippen LogP contribution in [0.4, 0.5) is 5.69 Å². The number of pyridine rings is 1. The number of nitrogens with zero attached hydrogens (tertiary/aromatic N) is 4. The molecule has 10 heteroatoms. The van der Waals surface area contributed by atoms with Gasteiger partial charge in [0.2, 0.25) is 10.0 Å². The number of sulfonamides is 1. The Morgan fingerprint density at radius 3 is 2.59 bits per heavy atom. The minimum Gasteiger partial charge on any atom is -0.495 e. The molecule has 1 aliphatic rings. The normalized spacial score (nSPS) is 15.4. The second-order valence-corrected chi connectivity index (χ2v) is 10.3. The highest BCUT2D eigenvalue weighted by atomic mass is 35.5. The molecule has 0 atom stereocenters. The summed E-state index contributed by atoms with van der Waals surface area (Å²) in [4.78, 5) is 6.92. The third kappa shape index (κ3) is 4.43. The summed E-state index contributed by atoms with van der Waals surface area (Å²) in [6, 6.07) is 7.47. The predicted octanol–water partition coefficient (Wildman–Crippen LogP) is 3.02. The summed E-state index contributed by atoms with van der Waals surface area (Å²) in [7, 11) is -1.63. The Morgan fingerprint density at radius 2 is 1.94 bits per heavy atom. The molecular weight excluding hydrogens is 452 g/mol. The SMILES string of the molecule is CCCS(=O)(=O)N1CCN(c2ccn3cc(-c4cc(Cl)c(OC)cc4CO)nc3c2)CC1. The van der Waals surface area contributed by atoms with Crippen LogP contribution in [-0.2, 0) is 16.6 Å². The summed E-state index contributed by atoms with van der Waals surface area (Å²) in [6.07, 6.45) is 4.45. The van der Waals surface area contributed by atoms with Gasteiger partial charge < -0.3 is 19.1 Å². The zero-order chi connectivity index (χ0) is 22.9. The second kappa shape index (κ2) is 9.27. The molecule has 172 valence electrons. The van der Waals surface area contributed by atoms with Crippen molar-refractivity contribution in [1.82, 2.24) is 13.7 Å². The van der Waals surface area contributed by atoms with Crippen LogP contribution in [0, 0.1) is 0 Å². The Morgan fingerprint density at radius 1 is 1.19 bits per heavy atom. The van der Waals surface area contributed by atoms with E-state index in [1.54, 1.807) is 16.4 Å². The fourth-order valence-electron chi connectivity index (χ4n) is 4.03. The largest absolute Gasteiger partial charge is 0.495 e. The number of hydrogen-bond donors (Lipinski definition) is 1. The molecule has 4 rings (SSSR count). The minimum absolute atomic E-state index is 0.160. The lowest BCUT2D eigenvalue weighted by atomic mass is 10.1. The van der Waals surface area contributed by atoms with Crippen LogP contribution in [0.2, 0.25) is 5.02 Å². The molecule has 8 nitrogen and oxygen atoms in total. The Bertz CT molecular complexity index is 1220. The van der Waals surface area contributed by atoms with E-state index in [9.17, 15) is 13.5 Å². The van der Waals surface area contributed by atoms with E-state index < -0.39 is 10.0 Å². The number of hydrogen-bond acceptors (Lipinski definition) is 6. The molecule has 3 heterocycles. The average Bonchev–Trinajstić information content (AvgIpc) is 3.22. The Labute approximate surface area is 193 Å². The number of benzene rings is 1. The van der Waals surface area contributed by atoms with Gasteiger partial charge in [0.15, 0.2) is 0 Å². The van der Waals surface area contributed by atoms with Gasteiger partial charge in [0, 0.05) is 55.9 Å². The molecule has 0 unspecified atom stereocenters.